The van der Waals surface area contributed by atoms with E-state index in [2.05, 4.69) is 10.4 Å². The van der Waals surface area contributed by atoms with E-state index in [-0.39, 0.29) is 17.6 Å². The van der Waals surface area contributed by atoms with Crippen LogP contribution in [0.2, 0.25) is 5.02 Å². The molecule has 7 nitrogen and oxygen atoms in total. The number of aryl methyl sites for hydroxylation is 1. The molecule has 1 N–H and O–H groups in total. The summed E-state index contributed by atoms with van der Waals surface area (Å²) in [6, 6.07) is 7.52. The number of halogens is 1. The Kier molecular flexibility index (Phi) is 7.20. The second kappa shape index (κ2) is 9.62. The molecule has 152 valence electrons. The van der Waals surface area contributed by atoms with Gasteiger partial charge in [0.05, 0.1) is 12.3 Å². The van der Waals surface area contributed by atoms with E-state index < -0.39 is 0 Å². The molecule has 1 aliphatic rings. The molecular weight excluding hydrogens is 398 g/mol. The highest BCUT2D eigenvalue weighted by Gasteiger charge is 2.22. The van der Waals surface area contributed by atoms with Crippen LogP contribution < -0.4 is 11.0 Å². The van der Waals surface area contributed by atoms with Crippen LogP contribution in [0.15, 0.2) is 34.0 Å². The minimum Gasteiger partial charge on any atom is -0.353 e. The average molecular weight is 424 g/mol. The molecule has 9 heteroatoms. The SMILES string of the molecule is CN(C)CCn1nc2n(c1=O)CCC(NC(=O)CSc1ccc(Cl)cc1)CC2. The molecule has 2 aromatic rings. The molecule has 1 atom stereocenters. The number of nitrogens with one attached hydrogen (secondary N) is 1. The van der Waals surface area contributed by atoms with Gasteiger partial charge >= 0.3 is 5.69 Å². The first-order chi connectivity index (χ1) is 13.4. The Bertz CT molecular complexity index is 862. The van der Waals surface area contributed by atoms with Crippen LogP contribution in [-0.2, 0) is 24.3 Å². The van der Waals surface area contributed by atoms with Gasteiger partial charge in [-0.05, 0) is 51.2 Å². The maximum Gasteiger partial charge on any atom is 0.345 e. The van der Waals surface area contributed by atoms with E-state index in [4.69, 9.17) is 11.6 Å². The van der Waals surface area contributed by atoms with Crippen molar-refractivity contribution in [2.45, 2.75) is 43.3 Å². The van der Waals surface area contributed by atoms with Gasteiger partial charge in [0.2, 0.25) is 5.91 Å². The van der Waals surface area contributed by atoms with Crippen LogP contribution in [0.5, 0.6) is 0 Å². The van der Waals surface area contributed by atoms with Crippen molar-refractivity contribution in [3.8, 4) is 0 Å². The third kappa shape index (κ3) is 5.62. The number of hydrogen-bond donors (Lipinski definition) is 1. The normalized spacial score (nSPS) is 16.6. The molecule has 0 saturated heterocycles. The number of fused-ring (bicyclic) bond motifs is 1. The number of thioether (sulfide) groups is 1. The summed E-state index contributed by atoms with van der Waals surface area (Å²) < 4.78 is 3.31. The van der Waals surface area contributed by atoms with Crippen molar-refractivity contribution in [3.05, 3.63) is 45.6 Å². The number of hydrogen-bond acceptors (Lipinski definition) is 5. The van der Waals surface area contributed by atoms with Crippen molar-refractivity contribution in [3.63, 3.8) is 0 Å². The molecule has 0 aliphatic carbocycles. The topological polar surface area (TPSA) is 72.2 Å². The van der Waals surface area contributed by atoms with Gasteiger partial charge in [-0.3, -0.25) is 9.36 Å². The van der Waals surface area contributed by atoms with Gasteiger partial charge in [-0.2, -0.15) is 5.10 Å². The Hall–Kier alpha value is -1.77. The lowest BCUT2D eigenvalue weighted by Crippen LogP contribution is -2.37. The number of nitrogens with zero attached hydrogens (tertiary/aromatic N) is 4. The number of aromatic nitrogens is 3. The van der Waals surface area contributed by atoms with Gasteiger partial charge in [0.1, 0.15) is 5.82 Å². The van der Waals surface area contributed by atoms with Gasteiger partial charge in [0.15, 0.2) is 0 Å². The fourth-order valence-electron chi connectivity index (χ4n) is 3.16. The van der Waals surface area contributed by atoms with E-state index in [1.165, 1.54) is 11.8 Å². The van der Waals surface area contributed by atoms with Crippen LogP contribution in [0, 0.1) is 0 Å². The second-order valence-corrected chi connectivity index (χ2v) is 8.70. The van der Waals surface area contributed by atoms with Crippen LogP contribution in [-0.4, -0.2) is 57.6 Å². The number of carbonyl (C=O) groups excluding carboxylic acids is 1. The summed E-state index contributed by atoms with van der Waals surface area (Å²) in [7, 11) is 3.95. The van der Waals surface area contributed by atoms with E-state index in [1.54, 1.807) is 9.25 Å². The first kappa shape index (κ1) is 21.0. The van der Waals surface area contributed by atoms with Crippen LogP contribution in [0.4, 0.5) is 0 Å². The maximum atomic E-state index is 12.5. The molecule has 1 aliphatic heterocycles. The highest BCUT2D eigenvalue weighted by atomic mass is 35.5. The van der Waals surface area contributed by atoms with Gasteiger partial charge in [0.25, 0.3) is 0 Å². The minimum atomic E-state index is -0.0536. The van der Waals surface area contributed by atoms with Crippen molar-refractivity contribution in [2.24, 2.45) is 0 Å². The maximum absolute atomic E-state index is 12.5. The zero-order chi connectivity index (χ0) is 20.1. The van der Waals surface area contributed by atoms with Gasteiger partial charge in [-0.15, -0.1) is 11.8 Å². The Labute approximate surface area is 174 Å². The Morgan fingerprint density at radius 3 is 2.79 bits per heavy atom. The van der Waals surface area contributed by atoms with E-state index in [0.29, 0.717) is 30.3 Å². The fourth-order valence-corrected chi connectivity index (χ4v) is 4.00. The summed E-state index contributed by atoms with van der Waals surface area (Å²) in [6.07, 6.45) is 2.23. The number of likely N-dealkylation sites (N-methyl/N-ethyl adjacent to an activating group) is 1. The molecule has 28 heavy (non-hydrogen) atoms. The molecule has 0 bridgehead atoms. The smallest absolute Gasteiger partial charge is 0.345 e. The monoisotopic (exact) mass is 423 g/mol. The Morgan fingerprint density at radius 2 is 2.07 bits per heavy atom. The quantitative estimate of drug-likeness (QED) is 0.688. The molecule has 0 fully saturated rings. The van der Waals surface area contributed by atoms with Crippen molar-refractivity contribution < 1.29 is 4.79 Å². The lowest BCUT2D eigenvalue weighted by atomic mass is 10.1. The van der Waals surface area contributed by atoms with E-state index >= 15 is 0 Å². The standard InChI is InChI=1S/C19H26ClN5O2S/c1-23(2)11-12-25-19(27)24-10-9-15(5-8-17(24)22-25)21-18(26)13-28-16-6-3-14(20)4-7-16/h3-4,6-7,15H,5,8-13H2,1-2H3,(H,21,26). The molecule has 0 spiro atoms. The zero-order valence-electron chi connectivity index (χ0n) is 16.2. The molecule has 0 saturated carbocycles. The third-order valence-corrected chi connectivity index (χ3v) is 5.99. The lowest BCUT2D eigenvalue weighted by Gasteiger charge is -2.16. The Balaban J connectivity index is 1.50. The number of carbonyl (C=O) groups is 1. The van der Waals surface area contributed by atoms with Gasteiger partial charge in [-0.1, -0.05) is 11.6 Å². The first-order valence-corrected chi connectivity index (χ1v) is 10.8. The van der Waals surface area contributed by atoms with Crippen LogP contribution in [0.1, 0.15) is 18.7 Å². The molecule has 2 heterocycles. The third-order valence-electron chi connectivity index (χ3n) is 4.72. The predicted octanol–water partition coefficient (Wildman–Crippen LogP) is 1.87. The molecule has 1 unspecified atom stereocenters. The van der Waals surface area contributed by atoms with E-state index in [0.717, 1.165) is 30.1 Å². The zero-order valence-corrected chi connectivity index (χ0v) is 17.8. The second-order valence-electron chi connectivity index (χ2n) is 7.21. The van der Waals surface area contributed by atoms with E-state index in [9.17, 15) is 9.59 Å². The first-order valence-electron chi connectivity index (χ1n) is 9.41. The van der Waals surface area contributed by atoms with Gasteiger partial charge in [0, 0.05) is 35.5 Å². The molecule has 1 aromatic carbocycles. The van der Waals surface area contributed by atoms with Gasteiger partial charge < -0.3 is 10.2 Å². The van der Waals surface area contributed by atoms with Crippen molar-refractivity contribution in [2.75, 3.05) is 26.4 Å². The van der Waals surface area contributed by atoms with Gasteiger partial charge in [-0.25, -0.2) is 9.48 Å². The van der Waals surface area contributed by atoms with E-state index in [1.807, 2.05) is 43.3 Å². The fraction of sp³-hybridized carbons (Fsp3) is 0.526. The van der Waals surface area contributed by atoms with Crippen molar-refractivity contribution >= 4 is 29.3 Å². The molecule has 1 aromatic heterocycles. The summed E-state index contributed by atoms with van der Waals surface area (Å²) in [4.78, 5) is 27.9. The summed E-state index contributed by atoms with van der Waals surface area (Å²) in [5.74, 6) is 1.18. The van der Waals surface area contributed by atoms with Crippen LogP contribution in [0.3, 0.4) is 0 Å². The van der Waals surface area contributed by atoms with Crippen LogP contribution in [0.25, 0.3) is 0 Å². The number of rotatable bonds is 7. The molecular formula is C19H26ClN5O2S. The molecule has 0 radical (unpaired) electrons. The predicted molar refractivity (Wildman–Crippen MR) is 112 cm³/mol. The average Bonchev–Trinajstić information content (AvgIpc) is 2.82. The highest BCUT2D eigenvalue weighted by Crippen LogP contribution is 2.20. The summed E-state index contributed by atoms with van der Waals surface area (Å²) >= 11 is 7.36. The summed E-state index contributed by atoms with van der Waals surface area (Å²) in [6.45, 7) is 1.96. The van der Waals surface area contributed by atoms with Crippen LogP contribution >= 0.6 is 23.4 Å². The number of amides is 1. The minimum absolute atomic E-state index is 0.00730. The Morgan fingerprint density at radius 1 is 1.32 bits per heavy atom. The molecule has 3 rings (SSSR count). The lowest BCUT2D eigenvalue weighted by molar-refractivity contribution is -0.119. The summed E-state index contributed by atoms with van der Waals surface area (Å²) in [5.41, 5.74) is -0.0536. The molecule has 1 amide bonds. The highest BCUT2D eigenvalue weighted by molar-refractivity contribution is 8.00. The number of benzene rings is 1. The summed E-state index contributed by atoms with van der Waals surface area (Å²) in [5, 5.41) is 8.27. The van der Waals surface area contributed by atoms with Crippen molar-refractivity contribution in [1.29, 1.82) is 0 Å². The van der Waals surface area contributed by atoms with Crippen molar-refractivity contribution in [1.82, 2.24) is 24.6 Å². The largest absolute Gasteiger partial charge is 0.353 e.